The Hall–Kier alpha value is -2.53. The number of fused-ring (bicyclic) bond motifs is 2. The maximum atomic E-state index is 12.5. The number of aromatic nitrogens is 1. The van der Waals surface area contributed by atoms with E-state index in [0.29, 0.717) is 5.39 Å². The first-order chi connectivity index (χ1) is 12.5. The van der Waals surface area contributed by atoms with E-state index in [1.54, 1.807) is 18.2 Å². The predicted molar refractivity (Wildman–Crippen MR) is 105 cm³/mol. The summed E-state index contributed by atoms with van der Waals surface area (Å²) in [6, 6.07) is 11.6. The predicted octanol–water partition coefficient (Wildman–Crippen LogP) is 3.18. The van der Waals surface area contributed by atoms with Gasteiger partial charge in [-0.05, 0) is 47.3 Å². The maximum absolute atomic E-state index is 12.5. The largest absolute Gasteiger partial charge is 0.489 e. The van der Waals surface area contributed by atoms with E-state index in [2.05, 4.69) is 6.92 Å². The normalized spacial score (nSPS) is 15.7. The highest BCUT2D eigenvalue weighted by molar-refractivity contribution is 6.58. The molecular formula is C21H21NO3Si. The fourth-order valence-corrected chi connectivity index (χ4v) is 4.42. The van der Waals surface area contributed by atoms with Gasteiger partial charge >= 0.3 is 8.68 Å². The second kappa shape index (κ2) is 6.32. The summed E-state index contributed by atoms with van der Waals surface area (Å²) in [6.45, 7) is 3.88. The van der Waals surface area contributed by atoms with E-state index >= 15 is 0 Å². The number of hydrogen-bond acceptors (Lipinski definition) is 3. The average molecular weight is 363 g/mol. The van der Waals surface area contributed by atoms with Crippen LogP contribution in [0.15, 0.2) is 47.4 Å². The summed E-state index contributed by atoms with van der Waals surface area (Å²) >= 11 is 0. The van der Waals surface area contributed by atoms with Crippen molar-refractivity contribution in [3.05, 3.63) is 58.5 Å². The third-order valence-corrected chi connectivity index (χ3v) is 6.24. The molecule has 1 atom stereocenters. The molecule has 0 radical (unpaired) electrons. The van der Waals surface area contributed by atoms with Gasteiger partial charge in [0.15, 0.2) is 0 Å². The zero-order chi connectivity index (χ0) is 18.4. The van der Waals surface area contributed by atoms with Crippen molar-refractivity contribution in [2.45, 2.75) is 32.4 Å². The molecule has 3 aromatic rings. The van der Waals surface area contributed by atoms with Crippen LogP contribution in [0.4, 0.5) is 0 Å². The molecule has 2 aromatic carbocycles. The first-order valence-electron chi connectivity index (χ1n) is 8.92. The van der Waals surface area contributed by atoms with Gasteiger partial charge in [-0.1, -0.05) is 25.1 Å². The fraction of sp³-hybridized carbons (Fsp3) is 0.286. The molecule has 4 nitrogen and oxygen atoms in total. The SMILES string of the molecule is CCC1Cc2cc([Si](C)=O)cc(-c3cn(C)c(=O)c4ccccc34)c2O1. The van der Waals surface area contributed by atoms with Gasteiger partial charge in [0.2, 0.25) is 0 Å². The quantitative estimate of drug-likeness (QED) is 0.672. The van der Waals surface area contributed by atoms with Gasteiger partial charge < -0.3 is 13.8 Å². The third-order valence-electron chi connectivity index (χ3n) is 5.14. The van der Waals surface area contributed by atoms with Gasteiger partial charge in [-0.25, -0.2) is 0 Å². The molecule has 0 spiro atoms. The Morgan fingerprint density at radius 1 is 1.19 bits per heavy atom. The molecule has 0 bridgehead atoms. The van der Waals surface area contributed by atoms with E-state index in [9.17, 15) is 9.26 Å². The third kappa shape index (κ3) is 2.63. The summed E-state index contributed by atoms with van der Waals surface area (Å²) in [4.78, 5) is 12.5. The van der Waals surface area contributed by atoms with Gasteiger partial charge in [-0.2, -0.15) is 0 Å². The molecule has 0 fully saturated rings. The summed E-state index contributed by atoms with van der Waals surface area (Å²) in [6.07, 6.45) is 3.78. The van der Waals surface area contributed by atoms with Crippen LogP contribution in [0.1, 0.15) is 18.9 Å². The van der Waals surface area contributed by atoms with Crippen LogP contribution in [-0.4, -0.2) is 19.4 Å². The molecule has 2 heterocycles. The van der Waals surface area contributed by atoms with E-state index in [1.165, 1.54) is 0 Å². The van der Waals surface area contributed by atoms with Crippen molar-refractivity contribution in [1.82, 2.24) is 4.57 Å². The molecule has 26 heavy (non-hydrogen) atoms. The molecule has 0 aliphatic carbocycles. The van der Waals surface area contributed by atoms with Gasteiger partial charge in [0, 0.05) is 36.2 Å². The van der Waals surface area contributed by atoms with Crippen molar-refractivity contribution >= 4 is 24.6 Å². The Labute approximate surface area is 153 Å². The van der Waals surface area contributed by atoms with Gasteiger partial charge in [0.25, 0.3) is 5.56 Å². The number of nitrogens with zero attached hydrogens (tertiary/aromatic N) is 1. The van der Waals surface area contributed by atoms with Crippen LogP contribution in [0.2, 0.25) is 6.55 Å². The van der Waals surface area contributed by atoms with Crippen molar-refractivity contribution < 1.29 is 9.20 Å². The highest BCUT2D eigenvalue weighted by atomic mass is 28.3. The van der Waals surface area contributed by atoms with Crippen LogP contribution >= 0.6 is 0 Å². The van der Waals surface area contributed by atoms with Crippen molar-refractivity contribution in [3.63, 3.8) is 0 Å². The van der Waals surface area contributed by atoms with Crippen LogP contribution in [0, 0.1) is 0 Å². The molecule has 1 aliphatic heterocycles. The lowest BCUT2D eigenvalue weighted by atomic mass is 9.97. The minimum absolute atomic E-state index is 0.0198. The lowest BCUT2D eigenvalue weighted by molar-refractivity contribution is 0.229. The number of aryl methyl sites for hydroxylation is 1. The Balaban J connectivity index is 2.06. The van der Waals surface area contributed by atoms with Crippen molar-refractivity contribution in [3.8, 4) is 16.9 Å². The van der Waals surface area contributed by atoms with Crippen LogP contribution in [0.5, 0.6) is 5.75 Å². The number of hydrogen-bond donors (Lipinski definition) is 0. The number of ether oxygens (including phenoxy) is 1. The molecule has 5 heteroatoms. The molecule has 1 aliphatic rings. The molecular weight excluding hydrogens is 342 g/mol. The lowest BCUT2D eigenvalue weighted by Crippen LogP contribution is -2.19. The first kappa shape index (κ1) is 16.9. The zero-order valence-corrected chi connectivity index (χ0v) is 16.2. The first-order valence-corrected chi connectivity index (χ1v) is 10.8. The Bertz CT molecular complexity index is 1100. The molecule has 0 saturated heterocycles. The summed E-state index contributed by atoms with van der Waals surface area (Å²) in [7, 11) is -0.0661. The van der Waals surface area contributed by atoms with E-state index in [1.807, 2.05) is 42.6 Å². The second-order valence-corrected chi connectivity index (χ2v) is 8.61. The molecule has 132 valence electrons. The topological polar surface area (TPSA) is 48.3 Å². The van der Waals surface area contributed by atoms with E-state index in [-0.39, 0.29) is 11.7 Å². The zero-order valence-electron chi connectivity index (χ0n) is 15.2. The Morgan fingerprint density at radius 3 is 2.62 bits per heavy atom. The number of benzene rings is 2. The van der Waals surface area contributed by atoms with E-state index in [4.69, 9.17) is 4.74 Å². The number of rotatable bonds is 3. The minimum atomic E-state index is -1.83. The van der Waals surface area contributed by atoms with Crippen LogP contribution in [0.25, 0.3) is 21.9 Å². The lowest BCUT2D eigenvalue weighted by Gasteiger charge is -2.15. The van der Waals surface area contributed by atoms with Gasteiger partial charge in [-0.15, -0.1) is 0 Å². The van der Waals surface area contributed by atoms with E-state index < -0.39 is 8.68 Å². The van der Waals surface area contributed by atoms with Crippen LogP contribution in [-0.2, 0) is 17.9 Å². The van der Waals surface area contributed by atoms with Gasteiger partial charge in [0.1, 0.15) is 11.9 Å². The molecule has 4 rings (SSSR count). The molecule has 0 saturated carbocycles. The van der Waals surface area contributed by atoms with E-state index in [0.717, 1.165) is 45.9 Å². The molecule has 0 amide bonds. The van der Waals surface area contributed by atoms with Crippen LogP contribution in [0.3, 0.4) is 0 Å². The van der Waals surface area contributed by atoms with Crippen molar-refractivity contribution in [1.29, 1.82) is 0 Å². The van der Waals surface area contributed by atoms with Crippen molar-refractivity contribution in [2.24, 2.45) is 7.05 Å². The van der Waals surface area contributed by atoms with Gasteiger partial charge in [0.05, 0.1) is 0 Å². The molecule has 0 N–H and O–H groups in total. The summed E-state index contributed by atoms with van der Waals surface area (Å²) in [5.41, 5.74) is 2.97. The van der Waals surface area contributed by atoms with Crippen molar-refractivity contribution in [2.75, 3.05) is 0 Å². The second-order valence-electron chi connectivity index (χ2n) is 6.92. The highest BCUT2D eigenvalue weighted by Gasteiger charge is 2.27. The smallest absolute Gasteiger partial charge is 0.308 e. The Kier molecular flexibility index (Phi) is 4.11. The summed E-state index contributed by atoms with van der Waals surface area (Å²) in [5, 5.41) is 2.44. The maximum Gasteiger partial charge on any atom is 0.308 e. The minimum Gasteiger partial charge on any atom is -0.489 e. The van der Waals surface area contributed by atoms with Gasteiger partial charge in [-0.3, -0.25) is 4.79 Å². The van der Waals surface area contributed by atoms with Crippen LogP contribution < -0.4 is 15.5 Å². The molecule has 1 aromatic heterocycles. The molecule has 1 unspecified atom stereocenters. The average Bonchev–Trinajstić information content (AvgIpc) is 3.07. The Morgan fingerprint density at radius 2 is 1.92 bits per heavy atom. The summed E-state index contributed by atoms with van der Waals surface area (Å²) < 4.78 is 20.1. The fourth-order valence-electron chi connectivity index (χ4n) is 3.70. The highest BCUT2D eigenvalue weighted by Crippen LogP contribution is 2.40. The summed E-state index contributed by atoms with van der Waals surface area (Å²) in [5.74, 6) is 0.868. The number of pyridine rings is 1. The standard InChI is InChI=1S/C21H21NO3Si/c1-4-14-9-13-10-15(26(3)24)11-18(20(13)25-14)19-12-22(2)21(23)17-8-6-5-7-16(17)19/h5-8,10-12,14H,4,9H2,1-3H3. The monoisotopic (exact) mass is 363 g/mol.